The van der Waals surface area contributed by atoms with E-state index in [0.29, 0.717) is 39.5 Å². The van der Waals surface area contributed by atoms with Crippen LogP contribution in [0.3, 0.4) is 0 Å². The Morgan fingerprint density at radius 3 is 2.60 bits per heavy atom. The summed E-state index contributed by atoms with van der Waals surface area (Å²) in [4.78, 5) is 26.1. The topological polar surface area (TPSA) is 89.1 Å². The van der Waals surface area contributed by atoms with Crippen LogP contribution in [0.4, 0.5) is 9.59 Å². The number of piperidine rings is 1. The monoisotopic (exact) mass is 357 g/mol. The van der Waals surface area contributed by atoms with Crippen molar-refractivity contribution in [3.05, 3.63) is 0 Å². The zero-order chi connectivity index (χ0) is 18.3. The van der Waals surface area contributed by atoms with E-state index in [1.54, 1.807) is 4.90 Å². The minimum atomic E-state index is -0.522. The molecule has 0 bridgehead atoms. The lowest BCUT2D eigenvalue weighted by Gasteiger charge is -2.36. The number of carbonyl (C=O) groups is 2. The summed E-state index contributed by atoms with van der Waals surface area (Å²) in [5, 5.41) is 5.63. The summed E-state index contributed by atoms with van der Waals surface area (Å²) in [6, 6.07) is -0.299. The highest BCUT2D eigenvalue weighted by Crippen LogP contribution is 2.20. The van der Waals surface area contributed by atoms with E-state index < -0.39 is 5.60 Å². The second-order valence-electron chi connectivity index (χ2n) is 7.48. The van der Waals surface area contributed by atoms with Gasteiger partial charge in [-0.15, -0.1) is 0 Å². The van der Waals surface area contributed by atoms with Gasteiger partial charge in [0.15, 0.2) is 0 Å². The molecule has 0 radical (unpaired) electrons. The second-order valence-corrected chi connectivity index (χ2v) is 7.48. The van der Waals surface area contributed by atoms with Crippen molar-refractivity contribution in [1.82, 2.24) is 15.5 Å². The van der Waals surface area contributed by atoms with Gasteiger partial charge in [0.1, 0.15) is 5.60 Å². The summed E-state index contributed by atoms with van der Waals surface area (Å²) >= 11 is 0. The molecule has 2 aliphatic heterocycles. The molecule has 0 aromatic heterocycles. The van der Waals surface area contributed by atoms with Gasteiger partial charge in [0, 0.05) is 19.6 Å². The van der Waals surface area contributed by atoms with E-state index in [-0.39, 0.29) is 24.3 Å². The normalized spacial score (nSPS) is 24.5. The van der Waals surface area contributed by atoms with Crippen molar-refractivity contribution < 1.29 is 23.8 Å². The Labute approximate surface area is 149 Å². The molecule has 0 saturated carbocycles. The van der Waals surface area contributed by atoms with E-state index >= 15 is 0 Å². The molecule has 2 unspecified atom stereocenters. The number of nitrogens with zero attached hydrogens (tertiary/aromatic N) is 1. The predicted octanol–water partition coefficient (Wildman–Crippen LogP) is 1.49. The minimum Gasteiger partial charge on any atom is -0.444 e. The number of hydrogen-bond acceptors (Lipinski definition) is 5. The van der Waals surface area contributed by atoms with E-state index in [0.717, 1.165) is 19.3 Å². The molecule has 2 heterocycles. The number of amides is 3. The number of ether oxygens (including phenoxy) is 3. The summed E-state index contributed by atoms with van der Waals surface area (Å²) in [7, 11) is 0. The van der Waals surface area contributed by atoms with Crippen molar-refractivity contribution in [3.8, 4) is 0 Å². The van der Waals surface area contributed by atoms with E-state index in [1.165, 1.54) is 0 Å². The Morgan fingerprint density at radius 2 is 1.92 bits per heavy atom. The number of rotatable bonds is 4. The molecule has 0 aromatic carbocycles. The highest BCUT2D eigenvalue weighted by Gasteiger charge is 2.30. The van der Waals surface area contributed by atoms with Gasteiger partial charge in [0.05, 0.1) is 32.0 Å². The fourth-order valence-electron chi connectivity index (χ4n) is 2.91. The molecule has 0 spiro atoms. The van der Waals surface area contributed by atoms with Crippen LogP contribution in [0.1, 0.15) is 40.0 Å². The lowest BCUT2D eigenvalue weighted by molar-refractivity contribution is -0.0853. The van der Waals surface area contributed by atoms with E-state index in [4.69, 9.17) is 14.2 Å². The molecule has 25 heavy (non-hydrogen) atoms. The minimum absolute atomic E-state index is 0.0383. The molecule has 2 saturated heterocycles. The molecule has 2 N–H and O–H groups in total. The average Bonchev–Trinajstić information content (AvgIpc) is 2.58. The highest BCUT2D eigenvalue weighted by atomic mass is 16.6. The number of hydrogen-bond donors (Lipinski definition) is 2. The Morgan fingerprint density at radius 1 is 1.16 bits per heavy atom. The molecule has 2 atom stereocenters. The van der Waals surface area contributed by atoms with E-state index in [2.05, 4.69) is 10.6 Å². The van der Waals surface area contributed by atoms with Crippen LogP contribution >= 0.6 is 0 Å². The van der Waals surface area contributed by atoms with Gasteiger partial charge in [0.2, 0.25) is 0 Å². The Balaban J connectivity index is 1.74. The van der Waals surface area contributed by atoms with Crippen LogP contribution in [-0.4, -0.2) is 74.2 Å². The molecule has 0 aliphatic carbocycles. The van der Waals surface area contributed by atoms with Gasteiger partial charge >= 0.3 is 12.1 Å². The summed E-state index contributed by atoms with van der Waals surface area (Å²) < 4.78 is 16.2. The molecular formula is C17H31N3O5. The quantitative estimate of drug-likeness (QED) is 0.796. The zero-order valence-corrected chi connectivity index (χ0v) is 15.5. The fourth-order valence-corrected chi connectivity index (χ4v) is 2.91. The standard InChI is InChI=1S/C17H31N3O5/c1-17(2,3)25-16(22)20-7-5-4-6-13(20)10-18-15(21)19-11-14-12-23-8-9-24-14/h13-14H,4-12H2,1-3H3,(H2,18,19,21). The molecule has 0 aromatic rings. The number of urea groups is 1. The smallest absolute Gasteiger partial charge is 0.410 e. The average molecular weight is 357 g/mol. The van der Waals surface area contributed by atoms with Crippen LogP contribution in [-0.2, 0) is 14.2 Å². The summed E-state index contributed by atoms with van der Waals surface area (Å²) in [6.45, 7) is 8.70. The molecular weight excluding hydrogens is 326 g/mol. The Hall–Kier alpha value is -1.54. The zero-order valence-electron chi connectivity index (χ0n) is 15.5. The molecule has 2 fully saturated rings. The van der Waals surface area contributed by atoms with E-state index in [1.807, 2.05) is 20.8 Å². The SMILES string of the molecule is CC(C)(C)OC(=O)N1CCCCC1CNC(=O)NCC1COCCO1. The third-order valence-electron chi connectivity index (χ3n) is 4.13. The fraction of sp³-hybridized carbons (Fsp3) is 0.882. The predicted molar refractivity (Wildman–Crippen MR) is 92.5 cm³/mol. The molecule has 2 rings (SSSR count). The van der Waals surface area contributed by atoms with Gasteiger partial charge in [-0.3, -0.25) is 0 Å². The molecule has 8 nitrogen and oxygen atoms in total. The van der Waals surface area contributed by atoms with Crippen LogP contribution < -0.4 is 10.6 Å². The van der Waals surface area contributed by atoms with Gasteiger partial charge in [-0.05, 0) is 40.0 Å². The van der Waals surface area contributed by atoms with Gasteiger partial charge in [-0.2, -0.15) is 0 Å². The number of carbonyl (C=O) groups excluding carboxylic acids is 2. The first kappa shape index (κ1) is 19.8. The molecule has 3 amide bonds. The molecule has 144 valence electrons. The maximum Gasteiger partial charge on any atom is 0.410 e. The number of nitrogens with one attached hydrogen (secondary N) is 2. The van der Waals surface area contributed by atoms with Crippen LogP contribution in [0.5, 0.6) is 0 Å². The van der Waals surface area contributed by atoms with Gasteiger partial charge in [0.25, 0.3) is 0 Å². The Kier molecular flexibility index (Phi) is 7.31. The van der Waals surface area contributed by atoms with Crippen molar-refractivity contribution in [1.29, 1.82) is 0 Å². The lowest BCUT2D eigenvalue weighted by atomic mass is 10.0. The highest BCUT2D eigenvalue weighted by molar-refractivity contribution is 5.74. The van der Waals surface area contributed by atoms with Crippen molar-refractivity contribution in [2.24, 2.45) is 0 Å². The van der Waals surface area contributed by atoms with Crippen molar-refractivity contribution >= 4 is 12.1 Å². The van der Waals surface area contributed by atoms with Crippen molar-refractivity contribution in [2.45, 2.75) is 57.8 Å². The van der Waals surface area contributed by atoms with Crippen LogP contribution in [0, 0.1) is 0 Å². The van der Waals surface area contributed by atoms with Crippen LogP contribution in [0.2, 0.25) is 0 Å². The first-order chi connectivity index (χ1) is 11.8. The second kappa shape index (κ2) is 9.24. The third-order valence-corrected chi connectivity index (χ3v) is 4.13. The first-order valence-electron chi connectivity index (χ1n) is 9.06. The van der Waals surface area contributed by atoms with Gasteiger partial charge in [-0.1, -0.05) is 0 Å². The largest absolute Gasteiger partial charge is 0.444 e. The molecule has 2 aliphatic rings. The van der Waals surface area contributed by atoms with Gasteiger partial charge < -0.3 is 29.7 Å². The summed E-state index contributed by atoms with van der Waals surface area (Å²) in [5.74, 6) is 0. The Bertz CT molecular complexity index is 446. The lowest BCUT2D eigenvalue weighted by Crippen LogP contribution is -2.52. The third kappa shape index (κ3) is 7.07. The maximum atomic E-state index is 12.3. The maximum absolute atomic E-state index is 12.3. The van der Waals surface area contributed by atoms with Crippen molar-refractivity contribution in [3.63, 3.8) is 0 Å². The summed E-state index contributed by atoms with van der Waals surface area (Å²) in [5.41, 5.74) is -0.522. The molecule has 8 heteroatoms. The van der Waals surface area contributed by atoms with E-state index in [9.17, 15) is 9.59 Å². The van der Waals surface area contributed by atoms with Crippen LogP contribution in [0.25, 0.3) is 0 Å². The van der Waals surface area contributed by atoms with Crippen LogP contribution in [0.15, 0.2) is 0 Å². The van der Waals surface area contributed by atoms with Crippen molar-refractivity contribution in [2.75, 3.05) is 39.5 Å². The number of likely N-dealkylation sites (tertiary alicyclic amines) is 1. The first-order valence-corrected chi connectivity index (χ1v) is 9.06. The summed E-state index contributed by atoms with van der Waals surface area (Å²) in [6.07, 6.45) is 2.44. The van der Waals surface area contributed by atoms with Gasteiger partial charge in [-0.25, -0.2) is 9.59 Å².